The van der Waals surface area contributed by atoms with E-state index in [0.717, 1.165) is 35.4 Å². The molecule has 1 amide bonds. The normalized spacial score (nSPS) is 14.2. The number of carbonyl (C=O) groups is 1. The Balaban J connectivity index is 1.53. The van der Waals surface area contributed by atoms with Crippen LogP contribution in [0.15, 0.2) is 17.4 Å². The zero-order valence-corrected chi connectivity index (χ0v) is 14.5. The van der Waals surface area contributed by atoms with Gasteiger partial charge in [0.25, 0.3) is 0 Å². The van der Waals surface area contributed by atoms with Crippen LogP contribution >= 0.6 is 23.1 Å². The zero-order chi connectivity index (χ0) is 16.1. The summed E-state index contributed by atoms with van der Waals surface area (Å²) in [5.41, 5.74) is 0. The van der Waals surface area contributed by atoms with Gasteiger partial charge in [-0.15, -0.1) is 10.2 Å². The molecule has 3 heterocycles. The number of anilines is 2. The van der Waals surface area contributed by atoms with Gasteiger partial charge in [0.1, 0.15) is 22.2 Å². The van der Waals surface area contributed by atoms with Crippen LogP contribution in [-0.4, -0.2) is 44.9 Å². The molecule has 7 nitrogen and oxygen atoms in total. The van der Waals surface area contributed by atoms with Crippen LogP contribution in [0.1, 0.15) is 24.8 Å². The average molecular weight is 350 g/mol. The molecule has 0 saturated carbocycles. The minimum absolute atomic E-state index is 0.102. The number of nitrogens with one attached hydrogen (secondary N) is 1. The molecule has 0 spiro atoms. The van der Waals surface area contributed by atoms with Crippen molar-refractivity contribution in [3.8, 4) is 0 Å². The van der Waals surface area contributed by atoms with Crippen molar-refractivity contribution in [3.63, 3.8) is 0 Å². The molecule has 2 aromatic rings. The van der Waals surface area contributed by atoms with Crippen LogP contribution < -0.4 is 10.2 Å². The Morgan fingerprint density at radius 2 is 2.17 bits per heavy atom. The van der Waals surface area contributed by atoms with Gasteiger partial charge in [-0.05, 0) is 19.3 Å². The number of rotatable bonds is 6. The van der Waals surface area contributed by atoms with Crippen molar-refractivity contribution in [1.82, 2.24) is 20.2 Å². The molecule has 23 heavy (non-hydrogen) atoms. The van der Waals surface area contributed by atoms with E-state index in [4.69, 9.17) is 0 Å². The van der Waals surface area contributed by atoms with Crippen molar-refractivity contribution in [3.05, 3.63) is 17.4 Å². The van der Waals surface area contributed by atoms with Gasteiger partial charge in [-0.1, -0.05) is 30.0 Å². The maximum Gasteiger partial charge on any atom is 0.236 e. The zero-order valence-electron chi connectivity index (χ0n) is 12.9. The van der Waals surface area contributed by atoms with Crippen molar-refractivity contribution < 1.29 is 4.79 Å². The van der Waals surface area contributed by atoms with Gasteiger partial charge in [0, 0.05) is 19.2 Å². The molecule has 0 radical (unpaired) electrons. The maximum absolute atomic E-state index is 12.0. The molecule has 2 aromatic heterocycles. The number of carbonyl (C=O) groups excluding carboxylic acids is 1. The van der Waals surface area contributed by atoms with Crippen LogP contribution in [0.4, 0.5) is 10.9 Å². The lowest BCUT2D eigenvalue weighted by molar-refractivity contribution is -0.113. The summed E-state index contributed by atoms with van der Waals surface area (Å²) >= 11 is 2.81. The summed E-state index contributed by atoms with van der Waals surface area (Å²) in [6, 6.07) is 1.95. The molecular weight excluding hydrogens is 332 g/mol. The average Bonchev–Trinajstić information content (AvgIpc) is 3.25. The van der Waals surface area contributed by atoms with Gasteiger partial charge in [0.05, 0.1) is 5.75 Å². The number of aryl methyl sites for hydroxylation is 1. The molecule has 1 saturated heterocycles. The first-order valence-corrected chi connectivity index (χ1v) is 9.37. The van der Waals surface area contributed by atoms with E-state index >= 15 is 0 Å². The standard InChI is InChI=1S/C14H18N6OS2/c1-2-12-18-19-14(23-12)17-11(21)8-22-13-7-10(15-9-16-13)20-5-3-4-6-20/h7,9H,2-6,8H2,1H3,(H,17,19,21). The second-order valence-electron chi connectivity index (χ2n) is 5.10. The lowest BCUT2D eigenvalue weighted by Crippen LogP contribution is -2.19. The monoisotopic (exact) mass is 350 g/mol. The summed E-state index contributed by atoms with van der Waals surface area (Å²) in [5.74, 6) is 1.13. The first kappa shape index (κ1) is 16.1. The van der Waals surface area contributed by atoms with E-state index in [1.165, 1.54) is 35.9 Å². The first-order chi connectivity index (χ1) is 11.2. The van der Waals surface area contributed by atoms with Crippen LogP contribution in [-0.2, 0) is 11.2 Å². The molecule has 1 aliphatic rings. The number of amides is 1. The fraction of sp³-hybridized carbons (Fsp3) is 0.500. The topological polar surface area (TPSA) is 83.9 Å². The molecule has 0 aromatic carbocycles. The predicted octanol–water partition coefficient (Wildman–Crippen LogP) is 2.22. The molecule has 122 valence electrons. The van der Waals surface area contributed by atoms with Crippen LogP contribution in [0.25, 0.3) is 0 Å². The fourth-order valence-corrected chi connectivity index (χ4v) is 3.63. The molecule has 0 bridgehead atoms. The molecule has 1 fully saturated rings. The Morgan fingerprint density at radius 3 is 2.91 bits per heavy atom. The van der Waals surface area contributed by atoms with Gasteiger partial charge in [0.15, 0.2) is 0 Å². The van der Waals surface area contributed by atoms with Crippen molar-refractivity contribution in [2.24, 2.45) is 0 Å². The first-order valence-electron chi connectivity index (χ1n) is 7.56. The summed E-state index contributed by atoms with van der Waals surface area (Å²) in [5, 5.41) is 13.0. The highest BCUT2D eigenvalue weighted by molar-refractivity contribution is 7.99. The summed E-state index contributed by atoms with van der Waals surface area (Å²) in [4.78, 5) is 22.8. The van der Waals surface area contributed by atoms with E-state index in [9.17, 15) is 4.79 Å². The fourth-order valence-electron chi connectivity index (χ4n) is 2.27. The van der Waals surface area contributed by atoms with Crippen LogP contribution in [0.3, 0.4) is 0 Å². The smallest absolute Gasteiger partial charge is 0.236 e. The highest BCUT2D eigenvalue weighted by Gasteiger charge is 2.15. The maximum atomic E-state index is 12.0. The van der Waals surface area contributed by atoms with Crippen molar-refractivity contribution in [1.29, 1.82) is 0 Å². The quantitative estimate of drug-likeness (QED) is 0.631. The Bertz CT molecular complexity index is 671. The minimum atomic E-state index is -0.102. The van der Waals surface area contributed by atoms with E-state index in [2.05, 4.69) is 30.4 Å². The summed E-state index contributed by atoms with van der Waals surface area (Å²) in [7, 11) is 0. The highest BCUT2D eigenvalue weighted by atomic mass is 32.2. The molecule has 1 aliphatic heterocycles. The Morgan fingerprint density at radius 1 is 1.35 bits per heavy atom. The van der Waals surface area contributed by atoms with Gasteiger partial charge >= 0.3 is 0 Å². The number of thioether (sulfide) groups is 1. The Labute approximate surface area is 142 Å². The predicted molar refractivity (Wildman–Crippen MR) is 92.1 cm³/mol. The minimum Gasteiger partial charge on any atom is -0.356 e. The number of hydrogen-bond acceptors (Lipinski definition) is 8. The number of aromatic nitrogens is 4. The summed E-state index contributed by atoms with van der Waals surface area (Å²) in [6.07, 6.45) is 4.79. The molecule has 0 aliphatic carbocycles. The van der Waals surface area contributed by atoms with Gasteiger partial charge < -0.3 is 4.90 Å². The third-order valence-electron chi connectivity index (χ3n) is 3.42. The van der Waals surface area contributed by atoms with Crippen molar-refractivity contribution in [2.45, 2.75) is 31.2 Å². The SMILES string of the molecule is CCc1nnc(NC(=O)CSc2cc(N3CCCC3)ncn2)s1. The highest BCUT2D eigenvalue weighted by Crippen LogP contribution is 2.23. The van der Waals surface area contributed by atoms with E-state index in [1.54, 1.807) is 6.33 Å². The van der Waals surface area contributed by atoms with Gasteiger partial charge in [-0.25, -0.2) is 9.97 Å². The van der Waals surface area contributed by atoms with Gasteiger partial charge in [-0.3, -0.25) is 10.1 Å². The molecule has 1 N–H and O–H groups in total. The van der Waals surface area contributed by atoms with E-state index < -0.39 is 0 Å². The molecule has 3 rings (SSSR count). The summed E-state index contributed by atoms with van der Waals surface area (Å²) in [6.45, 7) is 4.09. The number of nitrogens with zero attached hydrogens (tertiary/aromatic N) is 5. The second-order valence-corrected chi connectivity index (χ2v) is 7.16. The van der Waals surface area contributed by atoms with Crippen LogP contribution in [0.5, 0.6) is 0 Å². The van der Waals surface area contributed by atoms with E-state index in [0.29, 0.717) is 5.13 Å². The van der Waals surface area contributed by atoms with E-state index in [-0.39, 0.29) is 11.7 Å². The lowest BCUT2D eigenvalue weighted by Gasteiger charge is -2.16. The Kier molecular flexibility index (Phi) is 5.39. The van der Waals surface area contributed by atoms with E-state index in [1.807, 2.05) is 13.0 Å². The molecule has 0 unspecified atom stereocenters. The van der Waals surface area contributed by atoms with Crippen LogP contribution in [0, 0.1) is 0 Å². The molecule has 0 atom stereocenters. The van der Waals surface area contributed by atoms with Gasteiger partial charge in [-0.2, -0.15) is 0 Å². The third-order valence-corrected chi connectivity index (χ3v) is 5.33. The largest absolute Gasteiger partial charge is 0.356 e. The molecular formula is C14H18N6OS2. The number of hydrogen-bond donors (Lipinski definition) is 1. The van der Waals surface area contributed by atoms with Crippen LogP contribution in [0.2, 0.25) is 0 Å². The Hall–Kier alpha value is -1.74. The third kappa shape index (κ3) is 4.38. The van der Waals surface area contributed by atoms with Gasteiger partial charge in [0.2, 0.25) is 11.0 Å². The van der Waals surface area contributed by atoms with Crippen molar-refractivity contribution in [2.75, 3.05) is 29.1 Å². The molecule has 9 heteroatoms. The summed E-state index contributed by atoms with van der Waals surface area (Å²) < 4.78 is 0. The van der Waals surface area contributed by atoms with Crippen molar-refractivity contribution >= 4 is 40.0 Å². The lowest BCUT2D eigenvalue weighted by atomic mass is 10.4. The second kappa shape index (κ2) is 7.69.